The topological polar surface area (TPSA) is 92.3 Å². The van der Waals surface area contributed by atoms with Gasteiger partial charge in [-0.1, -0.05) is 24.3 Å². The number of ether oxygens (including phenoxy) is 3. The first-order valence-corrected chi connectivity index (χ1v) is 13.3. The molecule has 0 saturated carbocycles. The molecule has 3 aromatic rings. The molecule has 0 radical (unpaired) electrons. The molecule has 5 rings (SSSR count). The number of hydrogen-bond donors (Lipinski definition) is 3. The monoisotopic (exact) mass is 517 g/mol. The summed E-state index contributed by atoms with van der Waals surface area (Å²) in [5.74, 6) is 1.82. The maximum absolute atomic E-state index is 12.8. The number of nitrogens with one attached hydrogen (secondary N) is 2. The summed E-state index contributed by atoms with van der Waals surface area (Å²) in [6, 6.07) is 20.9. The van der Waals surface area contributed by atoms with Crippen molar-refractivity contribution in [2.24, 2.45) is 0 Å². The van der Waals surface area contributed by atoms with Gasteiger partial charge in [0.25, 0.3) is 0 Å². The van der Waals surface area contributed by atoms with Crippen LogP contribution in [0.4, 0.5) is 11.4 Å². The maximum Gasteiger partial charge on any atom is 0.241 e. The zero-order valence-corrected chi connectivity index (χ0v) is 21.5. The Morgan fingerprint density at radius 3 is 2.68 bits per heavy atom. The molecule has 0 unspecified atom stereocenters. The van der Waals surface area contributed by atoms with Crippen molar-refractivity contribution in [2.75, 3.05) is 49.7 Å². The molecular formula is C30H35N3O5. The highest BCUT2D eigenvalue weighted by Crippen LogP contribution is 2.28. The molecule has 0 bridgehead atoms. The number of hydrogen-bond acceptors (Lipinski definition) is 7. The van der Waals surface area contributed by atoms with Gasteiger partial charge in [-0.2, -0.15) is 0 Å². The van der Waals surface area contributed by atoms with E-state index in [9.17, 15) is 9.90 Å². The number of para-hydroxylation sites is 1. The van der Waals surface area contributed by atoms with Gasteiger partial charge in [-0.15, -0.1) is 0 Å². The van der Waals surface area contributed by atoms with Gasteiger partial charge in [0, 0.05) is 42.5 Å². The zero-order chi connectivity index (χ0) is 26.2. The van der Waals surface area contributed by atoms with Crippen molar-refractivity contribution < 1.29 is 24.1 Å². The normalized spacial score (nSPS) is 17.0. The van der Waals surface area contributed by atoms with Crippen molar-refractivity contribution in [3.05, 3.63) is 77.9 Å². The van der Waals surface area contributed by atoms with Crippen LogP contribution in [0, 0.1) is 0 Å². The van der Waals surface area contributed by atoms with Crippen LogP contribution in [-0.4, -0.2) is 56.5 Å². The number of piperazine rings is 1. The smallest absolute Gasteiger partial charge is 0.241 e. The van der Waals surface area contributed by atoms with E-state index in [-0.39, 0.29) is 17.7 Å². The maximum atomic E-state index is 12.8. The molecule has 1 saturated heterocycles. The van der Waals surface area contributed by atoms with Crippen LogP contribution >= 0.6 is 0 Å². The predicted octanol–water partition coefficient (Wildman–Crippen LogP) is 4.12. The molecule has 3 aromatic carbocycles. The van der Waals surface area contributed by atoms with E-state index in [4.69, 9.17) is 14.2 Å². The summed E-state index contributed by atoms with van der Waals surface area (Å²) in [5, 5.41) is 16.4. The third-order valence-electron chi connectivity index (χ3n) is 6.82. The van der Waals surface area contributed by atoms with Crippen molar-refractivity contribution in [1.29, 1.82) is 0 Å². The number of anilines is 2. The van der Waals surface area contributed by atoms with Gasteiger partial charge in [0.15, 0.2) is 0 Å². The van der Waals surface area contributed by atoms with E-state index < -0.39 is 0 Å². The highest BCUT2D eigenvalue weighted by molar-refractivity contribution is 5.96. The first-order valence-electron chi connectivity index (χ1n) is 13.3. The van der Waals surface area contributed by atoms with Crippen LogP contribution in [0.2, 0.25) is 0 Å². The molecule has 2 aliphatic heterocycles. The van der Waals surface area contributed by atoms with Crippen molar-refractivity contribution >= 4 is 17.3 Å². The van der Waals surface area contributed by atoms with Gasteiger partial charge in [-0.25, -0.2) is 0 Å². The second-order valence-electron chi connectivity index (χ2n) is 9.59. The molecular weight excluding hydrogens is 482 g/mol. The number of carbonyl (C=O) groups excluding carboxylic acids is 1. The molecule has 8 heteroatoms. The molecule has 38 heavy (non-hydrogen) atoms. The highest BCUT2D eigenvalue weighted by Gasteiger charge is 2.30. The minimum Gasteiger partial charge on any atom is -0.508 e. The summed E-state index contributed by atoms with van der Waals surface area (Å²) in [4.78, 5) is 14.6. The van der Waals surface area contributed by atoms with Crippen molar-refractivity contribution in [3.63, 3.8) is 0 Å². The van der Waals surface area contributed by atoms with Crippen LogP contribution in [0.3, 0.4) is 0 Å². The number of aromatic hydroxyl groups is 1. The average Bonchev–Trinajstić information content (AvgIpc) is 2.95. The van der Waals surface area contributed by atoms with E-state index >= 15 is 0 Å². The zero-order valence-electron chi connectivity index (χ0n) is 21.5. The van der Waals surface area contributed by atoms with Crippen LogP contribution in [0.25, 0.3) is 0 Å². The Balaban J connectivity index is 1.10. The first kappa shape index (κ1) is 25.9. The summed E-state index contributed by atoms with van der Waals surface area (Å²) >= 11 is 0. The van der Waals surface area contributed by atoms with Gasteiger partial charge in [0.2, 0.25) is 5.91 Å². The standard InChI is InChI=1S/C30H35N3O5/c34-29-7-2-1-5-23(29)20-36-15-4-16-37-26-12-9-24(10-13-26)33-25(18-31-19-30(33)35)21-38-27-11-8-22-6-3-14-32-28(22)17-27/h1-2,5,7-13,17,25,31-32,34H,3-4,6,14-16,18-21H2/t25-/m1/s1. The molecule has 1 fully saturated rings. The Labute approximate surface area is 223 Å². The number of rotatable bonds is 11. The fourth-order valence-electron chi connectivity index (χ4n) is 4.81. The molecule has 2 heterocycles. The Kier molecular flexibility index (Phi) is 8.63. The van der Waals surface area contributed by atoms with Crippen molar-refractivity contribution in [1.82, 2.24) is 5.32 Å². The van der Waals surface area contributed by atoms with Gasteiger partial charge >= 0.3 is 0 Å². The Morgan fingerprint density at radius 1 is 0.974 bits per heavy atom. The summed E-state index contributed by atoms with van der Waals surface area (Å²) in [7, 11) is 0. The van der Waals surface area contributed by atoms with Gasteiger partial charge in [-0.05, 0) is 54.8 Å². The summed E-state index contributed by atoms with van der Waals surface area (Å²) < 4.78 is 17.6. The molecule has 0 aliphatic carbocycles. The first-order chi connectivity index (χ1) is 18.7. The van der Waals surface area contributed by atoms with Crippen molar-refractivity contribution in [2.45, 2.75) is 31.9 Å². The molecule has 8 nitrogen and oxygen atoms in total. The molecule has 2 aliphatic rings. The third-order valence-corrected chi connectivity index (χ3v) is 6.82. The van der Waals surface area contributed by atoms with Crippen molar-refractivity contribution in [3.8, 4) is 17.2 Å². The van der Waals surface area contributed by atoms with Gasteiger partial charge in [0.1, 0.15) is 23.9 Å². The molecule has 0 aromatic heterocycles. The van der Waals surface area contributed by atoms with Gasteiger partial charge in [0.05, 0.1) is 32.4 Å². The summed E-state index contributed by atoms with van der Waals surface area (Å²) in [6.45, 7) is 3.76. The number of phenolic OH excluding ortho intramolecular Hbond substituents is 1. The van der Waals surface area contributed by atoms with E-state index in [1.54, 1.807) is 12.1 Å². The fraction of sp³-hybridized carbons (Fsp3) is 0.367. The number of phenols is 1. The fourth-order valence-corrected chi connectivity index (χ4v) is 4.81. The summed E-state index contributed by atoms with van der Waals surface area (Å²) in [6.07, 6.45) is 2.96. The number of aryl methyl sites for hydroxylation is 1. The minimum absolute atomic E-state index is 0.0206. The van der Waals surface area contributed by atoms with E-state index in [1.165, 1.54) is 5.56 Å². The van der Waals surface area contributed by atoms with E-state index in [0.29, 0.717) is 39.5 Å². The quantitative estimate of drug-likeness (QED) is 0.330. The highest BCUT2D eigenvalue weighted by atomic mass is 16.5. The van der Waals surface area contributed by atoms with E-state index in [2.05, 4.69) is 22.8 Å². The van der Waals surface area contributed by atoms with Crippen LogP contribution in [0.15, 0.2) is 66.7 Å². The van der Waals surface area contributed by atoms with Crippen LogP contribution < -0.4 is 25.0 Å². The minimum atomic E-state index is -0.117. The van der Waals surface area contributed by atoms with Crippen LogP contribution in [0.5, 0.6) is 17.2 Å². The lowest BCUT2D eigenvalue weighted by atomic mass is 10.0. The lowest BCUT2D eigenvalue weighted by Gasteiger charge is -2.36. The van der Waals surface area contributed by atoms with Gasteiger partial charge in [-0.3, -0.25) is 4.79 Å². The average molecular weight is 518 g/mol. The number of amides is 1. The molecule has 1 amide bonds. The predicted molar refractivity (Wildman–Crippen MR) is 147 cm³/mol. The Hall–Kier alpha value is -3.75. The lowest BCUT2D eigenvalue weighted by molar-refractivity contribution is -0.119. The SMILES string of the molecule is O=C1CNC[C@H](COc2ccc3c(c2)NCCC3)N1c1ccc(OCCCOCc2ccccc2O)cc1. The molecule has 1 atom stereocenters. The van der Waals surface area contributed by atoms with Gasteiger partial charge < -0.3 is 34.9 Å². The third kappa shape index (κ3) is 6.57. The number of fused-ring (bicyclic) bond motifs is 1. The second kappa shape index (κ2) is 12.7. The van der Waals surface area contributed by atoms with Crippen LogP contribution in [0.1, 0.15) is 24.0 Å². The number of benzene rings is 3. The number of nitrogens with zero attached hydrogens (tertiary/aromatic N) is 1. The molecule has 0 spiro atoms. The molecule has 3 N–H and O–H groups in total. The Morgan fingerprint density at radius 2 is 1.82 bits per heavy atom. The van der Waals surface area contributed by atoms with Crippen LogP contribution in [-0.2, 0) is 22.6 Å². The second-order valence-corrected chi connectivity index (χ2v) is 9.59. The Bertz CT molecular complexity index is 1220. The molecule has 200 valence electrons. The summed E-state index contributed by atoms with van der Waals surface area (Å²) in [5.41, 5.74) is 4.06. The number of carbonyl (C=O) groups is 1. The van der Waals surface area contributed by atoms with E-state index in [1.807, 2.05) is 47.4 Å². The lowest BCUT2D eigenvalue weighted by Crippen LogP contribution is -2.57. The van der Waals surface area contributed by atoms with E-state index in [0.717, 1.165) is 54.2 Å². The largest absolute Gasteiger partial charge is 0.508 e.